The third kappa shape index (κ3) is 5.72. The lowest BCUT2D eigenvalue weighted by Gasteiger charge is -2.28. The van der Waals surface area contributed by atoms with Crippen molar-refractivity contribution in [2.24, 2.45) is 0 Å². The lowest BCUT2D eigenvalue weighted by Crippen LogP contribution is -2.38. The summed E-state index contributed by atoms with van der Waals surface area (Å²) in [6.07, 6.45) is 2.13. The number of ether oxygens (including phenoxy) is 2. The first-order valence-electron chi connectivity index (χ1n) is 10.9. The number of nitrogens with zero attached hydrogens (tertiary/aromatic N) is 2. The number of aliphatic hydroxyl groups is 1. The zero-order valence-corrected chi connectivity index (χ0v) is 19.5. The summed E-state index contributed by atoms with van der Waals surface area (Å²) in [7, 11) is 0. The summed E-state index contributed by atoms with van der Waals surface area (Å²) in [4.78, 5) is 7.85. The Balaban J connectivity index is 1.74. The Morgan fingerprint density at radius 3 is 2.43 bits per heavy atom. The fourth-order valence-corrected chi connectivity index (χ4v) is 4.72. The first-order valence-corrected chi connectivity index (χ1v) is 11.8. The molecule has 0 radical (unpaired) electrons. The molecule has 0 bridgehead atoms. The monoisotopic (exact) mass is 514 g/mol. The van der Waals surface area contributed by atoms with Crippen molar-refractivity contribution in [2.75, 3.05) is 0 Å². The SMILES string of the molecule is CC(O)(c1cnc(C(Cc2ccncc2)c2ccc(OC(F)F)c(OC3CCC3)c2)s1)C(F)(F)F. The second kappa shape index (κ2) is 10.1. The van der Waals surface area contributed by atoms with Crippen LogP contribution in [0, 0.1) is 0 Å². The molecule has 2 heterocycles. The minimum Gasteiger partial charge on any atom is -0.487 e. The number of benzene rings is 1. The van der Waals surface area contributed by atoms with Gasteiger partial charge in [-0.05, 0) is 68.0 Å². The van der Waals surface area contributed by atoms with Crippen LogP contribution >= 0.6 is 11.3 Å². The predicted molar refractivity (Wildman–Crippen MR) is 119 cm³/mol. The van der Waals surface area contributed by atoms with E-state index >= 15 is 0 Å². The lowest BCUT2D eigenvalue weighted by molar-refractivity contribution is -0.257. The lowest BCUT2D eigenvalue weighted by atomic mass is 9.92. The van der Waals surface area contributed by atoms with Crippen LogP contribution < -0.4 is 9.47 Å². The van der Waals surface area contributed by atoms with E-state index in [4.69, 9.17) is 4.74 Å². The van der Waals surface area contributed by atoms with Crippen LogP contribution in [-0.4, -0.2) is 34.0 Å². The Kier molecular flexibility index (Phi) is 7.27. The first kappa shape index (κ1) is 25.3. The van der Waals surface area contributed by atoms with Crippen LogP contribution in [0.4, 0.5) is 22.0 Å². The van der Waals surface area contributed by atoms with Gasteiger partial charge in [0.15, 0.2) is 17.1 Å². The molecule has 1 N–H and O–H groups in total. The maximum atomic E-state index is 13.4. The fraction of sp³-hybridized carbons (Fsp3) is 0.417. The summed E-state index contributed by atoms with van der Waals surface area (Å²) in [6.45, 7) is -2.35. The topological polar surface area (TPSA) is 64.5 Å². The maximum Gasteiger partial charge on any atom is 0.422 e. The van der Waals surface area contributed by atoms with Gasteiger partial charge in [0.2, 0.25) is 0 Å². The molecule has 1 fully saturated rings. The number of pyridine rings is 1. The van der Waals surface area contributed by atoms with Gasteiger partial charge in [-0.25, -0.2) is 4.98 Å². The quantitative estimate of drug-likeness (QED) is 0.344. The molecule has 3 aromatic rings. The summed E-state index contributed by atoms with van der Waals surface area (Å²) in [5, 5.41) is 10.4. The van der Waals surface area contributed by atoms with Crippen molar-refractivity contribution in [3.05, 3.63) is 69.9 Å². The van der Waals surface area contributed by atoms with E-state index in [2.05, 4.69) is 14.7 Å². The highest BCUT2D eigenvalue weighted by molar-refractivity contribution is 7.11. The van der Waals surface area contributed by atoms with Gasteiger partial charge in [0, 0.05) is 24.5 Å². The smallest absolute Gasteiger partial charge is 0.422 e. The average Bonchev–Trinajstić information content (AvgIpc) is 3.26. The Morgan fingerprint density at radius 2 is 1.83 bits per heavy atom. The Hall–Kier alpha value is -2.79. The highest BCUT2D eigenvalue weighted by Crippen LogP contribution is 2.44. The molecular weight excluding hydrogens is 491 g/mol. The number of hydrogen-bond donors (Lipinski definition) is 1. The molecular formula is C24H23F5N2O3S. The Labute approximate surface area is 202 Å². The molecule has 1 aromatic carbocycles. The largest absolute Gasteiger partial charge is 0.487 e. The number of thiazole rings is 1. The number of rotatable bonds is 9. The summed E-state index contributed by atoms with van der Waals surface area (Å²) in [5.41, 5.74) is -1.61. The van der Waals surface area contributed by atoms with Gasteiger partial charge in [0.1, 0.15) is 5.01 Å². The van der Waals surface area contributed by atoms with Crippen LogP contribution in [0.2, 0.25) is 0 Å². The molecule has 4 rings (SSSR count). The van der Waals surface area contributed by atoms with Gasteiger partial charge in [-0.15, -0.1) is 11.3 Å². The van der Waals surface area contributed by atoms with Gasteiger partial charge >= 0.3 is 12.8 Å². The van der Waals surface area contributed by atoms with Crippen LogP contribution in [0.3, 0.4) is 0 Å². The van der Waals surface area contributed by atoms with E-state index in [0.29, 0.717) is 23.9 Å². The van der Waals surface area contributed by atoms with Crippen LogP contribution in [0.25, 0.3) is 0 Å². The third-order valence-electron chi connectivity index (χ3n) is 5.97. The first-order chi connectivity index (χ1) is 16.5. The summed E-state index contributed by atoms with van der Waals surface area (Å²) < 4.78 is 76.6. The molecule has 11 heteroatoms. The van der Waals surface area contributed by atoms with E-state index in [1.165, 1.54) is 6.07 Å². The van der Waals surface area contributed by atoms with Gasteiger partial charge < -0.3 is 14.6 Å². The zero-order valence-electron chi connectivity index (χ0n) is 18.6. The molecule has 0 amide bonds. The van der Waals surface area contributed by atoms with Crippen molar-refractivity contribution in [1.29, 1.82) is 0 Å². The van der Waals surface area contributed by atoms with Crippen LogP contribution in [0.15, 0.2) is 48.9 Å². The molecule has 0 saturated heterocycles. The minimum atomic E-state index is -4.88. The van der Waals surface area contributed by atoms with Crippen molar-refractivity contribution >= 4 is 11.3 Å². The summed E-state index contributed by atoms with van der Waals surface area (Å²) in [6, 6.07) is 8.06. The van der Waals surface area contributed by atoms with E-state index in [0.717, 1.165) is 42.4 Å². The normalized spacial score (nSPS) is 17.0. The van der Waals surface area contributed by atoms with E-state index in [-0.39, 0.29) is 22.5 Å². The van der Waals surface area contributed by atoms with E-state index < -0.39 is 24.3 Å². The van der Waals surface area contributed by atoms with Crippen LogP contribution in [0.1, 0.15) is 53.1 Å². The van der Waals surface area contributed by atoms with Gasteiger partial charge in [0.25, 0.3) is 0 Å². The minimum absolute atomic E-state index is 0.113. The van der Waals surface area contributed by atoms with Crippen LogP contribution in [-0.2, 0) is 12.0 Å². The van der Waals surface area contributed by atoms with Crippen molar-refractivity contribution in [1.82, 2.24) is 9.97 Å². The maximum absolute atomic E-state index is 13.4. The standard InChI is InChI=1S/C24H23F5N2O3S/c1-23(32,24(27,28)29)20-13-31-21(35-20)17(11-14-7-9-30-10-8-14)15-5-6-18(34-22(25)26)19(12-15)33-16-3-2-4-16/h5-10,12-13,16-17,22,32H,2-4,11H2,1H3. The molecule has 2 aromatic heterocycles. The molecule has 35 heavy (non-hydrogen) atoms. The molecule has 1 aliphatic carbocycles. The van der Waals surface area contributed by atoms with Gasteiger partial charge in [-0.2, -0.15) is 22.0 Å². The second-order valence-corrected chi connectivity index (χ2v) is 9.56. The summed E-state index contributed by atoms with van der Waals surface area (Å²) in [5.74, 6) is -0.506. The Bertz CT molecular complexity index is 1130. The molecule has 1 saturated carbocycles. The number of halogens is 5. The highest BCUT2D eigenvalue weighted by atomic mass is 32.1. The molecule has 1 aliphatic rings. The number of hydrogen-bond acceptors (Lipinski definition) is 6. The van der Waals surface area contributed by atoms with Crippen molar-refractivity contribution in [2.45, 2.75) is 63.0 Å². The fourth-order valence-electron chi connectivity index (χ4n) is 3.61. The Morgan fingerprint density at radius 1 is 1.11 bits per heavy atom. The molecule has 188 valence electrons. The predicted octanol–water partition coefficient (Wildman–Crippen LogP) is 6.22. The molecule has 5 nitrogen and oxygen atoms in total. The number of aromatic nitrogens is 2. The van der Waals surface area contributed by atoms with Crippen molar-refractivity contribution in [3.8, 4) is 11.5 Å². The van der Waals surface area contributed by atoms with Crippen molar-refractivity contribution in [3.63, 3.8) is 0 Å². The van der Waals surface area contributed by atoms with E-state index in [1.807, 2.05) is 0 Å². The van der Waals surface area contributed by atoms with Crippen LogP contribution in [0.5, 0.6) is 11.5 Å². The van der Waals surface area contributed by atoms with E-state index in [9.17, 15) is 27.1 Å². The second-order valence-electron chi connectivity index (χ2n) is 8.50. The highest BCUT2D eigenvalue weighted by Gasteiger charge is 2.52. The molecule has 0 aliphatic heterocycles. The van der Waals surface area contributed by atoms with Gasteiger partial charge in [-0.1, -0.05) is 6.07 Å². The molecule has 2 atom stereocenters. The molecule has 2 unspecified atom stereocenters. The molecule has 0 spiro atoms. The van der Waals surface area contributed by atoms with E-state index in [1.54, 1.807) is 36.7 Å². The average molecular weight is 515 g/mol. The summed E-state index contributed by atoms with van der Waals surface area (Å²) >= 11 is 0.750. The van der Waals surface area contributed by atoms with Gasteiger partial charge in [0.05, 0.1) is 11.0 Å². The van der Waals surface area contributed by atoms with Crippen molar-refractivity contribution < 1.29 is 36.5 Å². The van der Waals surface area contributed by atoms with Gasteiger partial charge in [-0.3, -0.25) is 4.98 Å². The third-order valence-corrected chi connectivity index (χ3v) is 7.30. The number of alkyl halides is 5. The zero-order chi connectivity index (χ0) is 25.2.